The molecule has 4 saturated carbocycles. The van der Waals surface area contributed by atoms with Crippen LogP contribution in [0.4, 0.5) is 0 Å². The van der Waals surface area contributed by atoms with Crippen LogP contribution >= 0.6 is 27.3 Å². The molecule has 3 atom stereocenters. The van der Waals surface area contributed by atoms with Gasteiger partial charge in [-0.2, -0.15) is 0 Å². The highest BCUT2D eigenvalue weighted by Gasteiger charge is 2.57. The Hall–Kier alpha value is -0.940. The van der Waals surface area contributed by atoms with E-state index >= 15 is 0 Å². The number of hydrogen-bond acceptors (Lipinski definition) is 3. The van der Waals surface area contributed by atoms with Gasteiger partial charge in [0.05, 0.1) is 16.3 Å². The molecule has 4 aliphatic carbocycles. The van der Waals surface area contributed by atoms with E-state index in [2.05, 4.69) is 35.0 Å². The second-order valence-electron chi connectivity index (χ2n) is 9.49. The molecule has 0 saturated heterocycles. The third-order valence-corrected chi connectivity index (χ3v) is 9.41. The number of nitrogens with zero attached hydrogens (tertiary/aromatic N) is 2. The van der Waals surface area contributed by atoms with Crippen molar-refractivity contribution in [2.45, 2.75) is 62.2 Å². The number of rotatable bonds is 4. The van der Waals surface area contributed by atoms with Crippen molar-refractivity contribution in [3.05, 3.63) is 29.3 Å². The number of fused-ring (bicyclic) bond motifs is 1. The van der Waals surface area contributed by atoms with Crippen LogP contribution in [0.5, 0.6) is 0 Å². The minimum absolute atomic E-state index is 0.0294. The summed E-state index contributed by atoms with van der Waals surface area (Å²) in [5, 5.41) is 1.04. The van der Waals surface area contributed by atoms with Crippen molar-refractivity contribution >= 4 is 43.4 Å². The highest BCUT2D eigenvalue weighted by atomic mass is 79.9. The van der Waals surface area contributed by atoms with Gasteiger partial charge < -0.3 is 4.90 Å². The van der Waals surface area contributed by atoms with E-state index in [9.17, 15) is 4.79 Å². The maximum Gasteiger partial charge on any atom is 0.223 e. The number of para-hydroxylation sites is 1. The first-order valence-electron chi connectivity index (χ1n) is 10.1. The third-order valence-electron chi connectivity index (χ3n) is 7.28. The van der Waals surface area contributed by atoms with Gasteiger partial charge in [0.25, 0.3) is 0 Å². The number of carbonyl (C=O) groups excluding carboxylic acids is 1. The molecule has 2 aromatic rings. The maximum atomic E-state index is 13.2. The Morgan fingerprint density at radius 1 is 1.30 bits per heavy atom. The fourth-order valence-corrected chi connectivity index (χ4v) is 9.01. The fourth-order valence-electron chi connectivity index (χ4n) is 6.44. The molecular formula is C22H27BrN2OS. The zero-order valence-corrected chi connectivity index (χ0v) is 18.5. The molecule has 3 nitrogen and oxygen atoms in total. The number of benzene rings is 1. The van der Waals surface area contributed by atoms with E-state index in [1.165, 1.54) is 43.2 Å². The Morgan fingerprint density at radius 2 is 2.00 bits per heavy atom. The highest BCUT2D eigenvalue weighted by molar-refractivity contribution is 9.10. The van der Waals surface area contributed by atoms with Gasteiger partial charge in [-0.3, -0.25) is 4.79 Å². The molecule has 1 aromatic heterocycles. The Bertz CT molecular complexity index is 846. The number of aromatic nitrogens is 1. The Labute approximate surface area is 173 Å². The minimum Gasteiger partial charge on any atom is -0.337 e. The van der Waals surface area contributed by atoms with Gasteiger partial charge in [-0.15, -0.1) is 11.3 Å². The molecule has 0 unspecified atom stereocenters. The van der Waals surface area contributed by atoms with E-state index in [4.69, 9.17) is 4.98 Å². The topological polar surface area (TPSA) is 33.2 Å². The van der Waals surface area contributed by atoms with Crippen molar-refractivity contribution in [2.75, 3.05) is 7.05 Å². The molecule has 1 amide bonds. The largest absolute Gasteiger partial charge is 0.337 e. The van der Waals surface area contributed by atoms with Gasteiger partial charge in [0.1, 0.15) is 5.01 Å². The third kappa shape index (κ3) is 3.15. The summed E-state index contributed by atoms with van der Waals surface area (Å²) >= 11 is 5.78. The van der Waals surface area contributed by atoms with Crippen LogP contribution in [0, 0.1) is 17.3 Å². The lowest BCUT2D eigenvalue weighted by molar-refractivity contribution is -0.139. The summed E-state index contributed by atoms with van der Waals surface area (Å²) in [4.78, 5) is 20.0. The molecule has 1 heterocycles. The number of amides is 1. The number of hydrogen-bond donors (Lipinski definition) is 0. The molecule has 0 radical (unpaired) electrons. The first-order valence-corrected chi connectivity index (χ1v) is 11.8. The van der Waals surface area contributed by atoms with E-state index in [-0.39, 0.29) is 11.5 Å². The average Bonchev–Trinajstić information content (AvgIpc) is 3.01. The maximum absolute atomic E-state index is 13.2. The summed E-state index contributed by atoms with van der Waals surface area (Å²) in [6.07, 6.45) is 8.43. The predicted octanol–water partition coefficient (Wildman–Crippen LogP) is 5.94. The Kier molecular flexibility index (Phi) is 4.21. The van der Waals surface area contributed by atoms with E-state index in [1.54, 1.807) is 11.3 Å². The van der Waals surface area contributed by atoms with Crippen molar-refractivity contribution in [3.8, 4) is 0 Å². The van der Waals surface area contributed by atoms with Gasteiger partial charge in [-0.25, -0.2) is 4.98 Å². The number of carbonyl (C=O) groups is 1. The molecule has 27 heavy (non-hydrogen) atoms. The van der Waals surface area contributed by atoms with Gasteiger partial charge in [-0.1, -0.05) is 28.1 Å². The normalized spacial score (nSPS) is 35.5. The highest BCUT2D eigenvalue weighted by Crippen LogP contribution is 2.65. The summed E-state index contributed by atoms with van der Waals surface area (Å²) in [5.41, 5.74) is 1.26. The molecule has 1 aromatic carbocycles. The summed E-state index contributed by atoms with van der Waals surface area (Å²) in [7, 11) is 1.96. The molecular weight excluding hydrogens is 420 g/mol. The average molecular weight is 447 g/mol. The smallest absolute Gasteiger partial charge is 0.223 e. The van der Waals surface area contributed by atoms with Gasteiger partial charge in [-0.05, 0) is 74.8 Å². The van der Waals surface area contributed by atoms with Gasteiger partial charge in [0.2, 0.25) is 5.91 Å². The molecule has 4 aliphatic rings. The zero-order chi connectivity index (χ0) is 18.8. The lowest BCUT2D eigenvalue weighted by Gasteiger charge is -2.60. The van der Waals surface area contributed by atoms with E-state index < -0.39 is 0 Å². The first-order chi connectivity index (χ1) is 12.8. The SMILES string of the molecule is C[C@H](c1nc2ccccc2s1)N(C)C(=O)CC12C[C@H]3C[C@@H](CC(Br)(C3)C1)C2. The van der Waals surface area contributed by atoms with Crippen molar-refractivity contribution in [2.24, 2.45) is 17.3 Å². The predicted molar refractivity (Wildman–Crippen MR) is 114 cm³/mol. The van der Waals surface area contributed by atoms with E-state index in [0.717, 1.165) is 22.4 Å². The zero-order valence-electron chi connectivity index (χ0n) is 16.1. The van der Waals surface area contributed by atoms with Crippen molar-refractivity contribution in [1.82, 2.24) is 9.88 Å². The van der Waals surface area contributed by atoms with Crippen molar-refractivity contribution < 1.29 is 4.79 Å². The van der Waals surface area contributed by atoms with Gasteiger partial charge >= 0.3 is 0 Å². The molecule has 6 rings (SSSR count). The van der Waals surface area contributed by atoms with Gasteiger partial charge in [0, 0.05) is 17.8 Å². The standard InChI is InChI=1S/C22H27BrN2OS/c1-14(20-24-17-5-3-4-6-18(17)27-20)25(2)19(26)12-21-8-15-7-16(9-21)11-22(23,10-15)13-21/h3-6,14-16H,7-13H2,1-2H3/t14-,15-,16-,21?,22?/m1/s1. The van der Waals surface area contributed by atoms with Crippen LogP contribution in [-0.2, 0) is 4.79 Å². The van der Waals surface area contributed by atoms with Crippen LogP contribution in [0.25, 0.3) is 10.2 Å². The van der Waals surface area contributed by atoms with Crippen LogP contribution in [0.1, 0.15) is 62.9 Å². The minimum atomic E-state index is 0.0294. The second-order valence-corrected chi connectivity index (χ2v) is 12.2. The van der Waals surface area contributed by atoms with Crippen molar-refractivity contribution in [3.63, 3.8) is 0 Å². The number of thiazole rings is 1. The summed E-state index contributed by atoms with van der Waals surface area (Å²) in [6, 6.07) is 8.26. The molecule has 0 spiro atoms. The molecule has 4 bridgehead atoms. The van der Waals surface area contributed by atoms with E-state index in [0.29, 0.717) is 16.7 Å². The monoisotopic (exact) mass is 446 g/mol. The molecule has 0 aliphatic heterocycles. The lowest BCUT2D eigenvalue weighted by Crippen LogP contribution is -2.54. The quantitative estimate of drug-likeness (QED) is 0.544. The van der Waals surface area contributed by atoms with Gasteiger partial charge in [0.15, 0.2) is 0 Å². The van der Waals surface area contributed by atoms with Crippen LogP contribution in [0.3, 0.4) is 0 Å². The van der Waals surface area contributed by atoms with Crippen molar-refractivity contribution in [1.29, 1.82) is 0 Å². The summed E-state index contributed by atoms with van der Waals surface area (Å²) < 4.78 is 1.51. The second kappa shape index (κ2) is 6.28. The van der Waals surface area contributed by atoms with Crippen LogP contribution in [0.2, 0.25) is 0 Å². The Balaban J connectivity index is 1.33. The van der Waals surface area contributed by atoms with Crippen LogP contribution in [-0.4, -0.2) is 27.2 Å². The fraction of sp³-hybridized carbons (Fsp3) is 0.636. The molecule has 0 N–H and O–H groups in total. The molecule has 144 valence electrons. The summed E-state index contributed by atoms with van der Waals surface area (Å²) in [5.74, 6) is 1.94. The molecule has 5 heteroatoms. The molecule has 4 fully saturated rings. The van der Waals surface area contributed by atoms with Crippen LogP contribution < -0.4 is 0 Å². The number of alkyl halides is 1. The number of halogens is 1. The van der Waals surface area contributed by atoms with Crippen LogP contribution in [0.15, 0.2) is 24.3 Å². The summed E-state index contributed by atoms with van der Waals surface area (Å²) in [6.45, 7) is 2.11. The lowest BCUT2D eigenvalue weighted by atomic mass is 9.48. The van der Waals surface area contributed by atoms with E-state index in [1.807, 2.05) is 24.1 Å². The first kappa shape index (κ1) is 18.1. The Morgan fingerprint density at radius 3 is 2.67 bits per heavy atom.